The average Bonchev–Trinajstić information content (AvgIpc) is 3.93. The van der Waals surface area contributed by atoms with E-state index in [0.717, 1.165) is 27.3 Å². The minimum Gasteiger partial charge on any atom is -0.494 e. The van der Waals surface area contributed by atoms with Gasteiger partial charge in [0.05, 0.1) is 39.4 Å². The highest BCUT2D eigenvalue weighted by molar-refractivity contribution is 7.13. The van der Waals surface area contributed by atoms with Crippen LogP contribution in [0.25, 0.3) is 10.4 Å². The summed E-state index contributed by atoms with van der Waals surface area (Å²) in [6, 6.07) is 20.4. The molecule has 3 N–H and O–H groups in total. The fraction of sp³-hybridized carbons (Fsp3) is 0.458. The van der Waals surface area contributed by atoms with Crippen LogP contribution >= 0.6 is 22.9 Å². The van der Waals surface area contributed by atoms with Gasteiger partial charge < -0.3 is 39.8 Å². The lowest BCUT2D eigenvalue weighted by atomic mass is 9.85. The van der Waals surface area contributed by atoms with Gasteiger partial charge in [0.1, 0.15) is 36.3 Å². The van der Waals surface area contributed by atoms with Gasteiger partial charge in [0, 0.05) is 50.7 Å². The minimum absolute atomic E-state index is 0.0150. The fourth-order valence-corrected chi connectivity index (χ4v) is 8.87. The van der Waals surface area contributed by atoms with Crippen LogP contribution in [0.1, 0.15) is 76.3 Å². The molecule has 2 fully saturated rings. The molecule has 2 aliphatic rings. The van der Waals surface area contributed by atoms with E-state index in [4.69, 9.17) is 31.1 Å². The summed E-state index contributed by atoms with van der Waals surface area (Å²) in [6.07, 6.45) is -0.165. The number of amides is 4. The number of thiazole rings is 1. The van der Waals surface area contributed by atoms with Crippen molar-refractivity contribution in [3.63, 3.8) is 0 Å². The van der Waals surface area contributed by atoms with Gasteiger partial charge in [-0.3, -0.25) is 19.2 Å². The number of benzene rings is 3. The maximum absolute atomic E-state index is 14.0. The lowest BCUT2D eigenvalue weighted by Gasteiger charge is -2.35. The van der Waals surface area contributed by atoms with E-state index in [1.165, 1.54) is 4.90 Å². The highest BCUT2D eigenvalue weighted by Gasteiger charge is 2.48. The summed E-state index contributed by atoms with van der Waals surface area (Å²) in [5.74, 6) is -0.267. The summed E-state index contributed by atoms with van der Waals surface area (Å²) in [4.78, 5) is 62.4. The van der Waals surface area contributed by atoms with E-state index in [-0.39, 0.29) is 43.0 Å². The number of rotatable bonds is 18. The van der Waals surface area contributed by atoms with E-state index >= 15 is 0 Å². The molecule has 16 heteroatoms. The number of hydrogen-bond donors (Lipinski definition) is 3. The molecule has 0 spiro atoms. The number of nitrogens with zero attached hydrogens (tertiary/aromatic N) is 4. The molecule has 3 aromatic carbocycles. The van der Waals surface area contributed by atoms with Gasteiger partial charge in [0.25, 0.3) is 5.91 Å². The number of aliphatic hydroxyl groups is 1. The number of nitrogens with one attached hydrogen (secondary N) is 2. The lowest BCUT2D eigenvalue weighted by molar-refractivity contribution is -0.144. The van der Waals surface area contributed by atoms with Crippen LogP contribution in [0, 0.1) is 29.1 Å². The third-order valence-electron chi connectivity index (χ3n) is 11.4. The number of aromatic nitrogens is 1. The van der Waals surface area contributed by atoms with Gasteiger partial charge in [-0.05, 0) is 66.1 Å². The fourth-order valence-electron chi connectivity index (χ4n) is 7.85. The number of carbonyl (C=O) groups is 4. The first kappa shape index (κ1) is 47.9. The average molecular weight is 914 g/mol. The Bertz CT molecular complexity index is 2320. The van der Waals surface area contributed by atoms with Gasteiger partial charge in [0.2, 0.25) is 17.7 Å². The number of aryl methyl sites for hydroxylation is 1. The van der Waals surface area contributed by atoms with Gasteiger partial charge in [-0.15, -0.1) is 11.3 Å². The normalized spacial score (nSPS) is 18.7. The van der Waals surface area contributed by atoms with Crippen LogP contribution in [-0.2, 0) is 37.0 Å². The van der Waals surface area contributed by atoms with E-state index in [0.29, 0.717) is 56.2 Å². The molecular weight excluding hydrogens is 856 g/mol. The van der Waals surface area contributed by atoms with Gasteiger partial charge >= 0.3 is 0 Å². The SMILES string of the molecule is Cc1ncsc1-c1ccc(CNC(=O)C2CC(O)CN2C(=O)C(NC(=O)COCCCCOc2ccc(CN3CC(C)(C)C(Oc4ccc(C#N)c(Cl)c4)C3=O)cc2)C(C)(C)C)cc1. The van der Waals surface area contributed by atoms with E-state index in [9.17, 15) is 24.3 Å². The monoisotopic (exact) mass is 912 g/mol. The van der Waals surface area contributed by atoms with Crippen molar-refractivity contribution in [3.05, 3.63) is 99.6 Å². The second kappa shape index (κ2) is 21.0. The van der Waals surface area contributed by atoms with E-state index in [1.807, 2.05) is 102 Å². The van der Waals surface area contributed by atoms with Crippen LogP contribution < -0.4 is 20.1 Å². The van der Waals surface area contributed by atoms with E-state index in [2.05, 4.69) is 15.6 Å². The van der Waals surface area contributed by atoms with Gasteiger partial charge in [0.15, 0.2) is 6.10 Å². The molecule has 0 saturated carbocycles. The smallest absolute Gasteiger partial charge is 0.264 e. The highest BCUT2D eigenvalue weighted by atomic mass is 35.5. The van der Waals surface area contributed by atoms with Crippen molar-refractivity contribution in [3.8, 4) is 28.0 Å². The summed E-state index contributed by atoms with van der Waals surface area (Å²) in [5.41, 5.74) is 4.85. The molecule has 0 aliphatic carbocycles. The van der Waals surface area contributed by atoms with Crippen LogP contribution in [0.15, 0.2) is 72.2 Å². The number of ether oxygens (including phenoxy) is 3. The molecule has 2 saturated heterocycles. The highest BCUT2D eigenvalue weighted by Crippen LogP contribution is 2.36. The molecule has 2 aliphatic heterocycles. The second-order valence-corrected chi connectivity index (χ2v) is 19.4. The molecule has 4 unspecified atom stereocenters. The van der Waals surface area contributed by atoms with Crippen molar-refractivity contribution in [1.29, 1.82) is 5.26 Å². The number of carbonyl (C=O) groups excluding carboxylic acids is 4. The number of likely N-dealkylation sites (tertiary alicyclic amines) is 2. The molecular formula is C48H57ClN6O8S. The summed E-state index contributed by atoms with van der Waals surface area (Å²) in [7, 11) is 0. The predicted molar refractivity (Wildman–Crippen MR) is 243 cm³/mol. The molecule has 0 bridgehead atoms. The third kappa shape index (κ3) is 12.2. The summed E-state index contributed by atoms with van der Waals surface area (Å²) < 4.78 is 17.7. The Labute approximate surface area is 383 Å². The Hall–Kier alpha value is -5.53. The molecule has 64 heavy (non-hydrogen) atoms. The minimum atomic E-state index is -0.958. The van der Waals surface area contributed by atoms with Crippen LogP contribution in [-0.4, -0.2) is 101 Å². The number of nitriles is 1. The summed E-state index contributed by atoms with van der Waals surface area (Å²) >= 11 is 7.75. The summed E-state index contributed by atoms with van der Waals surface area (Å²) in [5, 5.41) is 25.7. The maximum atomic E-state index is 14.0. The second-order valence-electron chi connectivity index (χ2n) is 18.1. The maximum Gasteiger partial charge on any atom is 0.264 e. The van der Waals surface area contributed by atoms with Crippen molar-refractivity contribution in [1.82, 2.24) is 25.4 Å². The predicted octanol–water partition coefficient (Wildman–Crippen LogP) is 6.44. The number of β-amino-alcohol motifs (C(OH)–C–C–N with tert-alkyl or cyclic N) is 1. The summed E-state index contributed by atoms with van der Waals surface area (Å²) in [6.45, 7) is 13.1. The standard InChI is InChI=1S/C48H57ClN6O8S/c1-30-41(64-29-52-30)33-13-9-31(10-14-33)24-51-44(58)39-21-35(56)26-55(39)45(59)42(47(2,3)4)53-40(57)27-61-19-7-8-20-62-36-16-11-32(12-17-36)25-54-28-48(5,6)43(46(54)60)63-37-18-15-34(23-50)38(49)22-37/h9-18,22,29,35,39,42-43,56H,7-8,19-21,24-28H2,1-6H3,(H,51,58)(H,53,57). The van der Waals surface area contributed by atoms with Crippen LogP contribution in [0.5, 0.6) is 11.5 Å². The number of halogens is 1. The Morgan fingerprint density at radius 1 is 1.03 bits per heavy atom. The van der Waals surface area contributed by atoms with Crippen molar-refractivity contribution in [2.24, 2.45) is 10.8 Å². The number of unbranched alkanes of at least 4 members (excludes halogenated alkanes) is 1. The molecule has 1 aromatic heterocycles. The van der Waals surface area contributed by atoms with Gasteiger partial charge in [-0.25, -0.2) is 4.98 Å². The zero-order chi connectivity index (χ0) is 46.2. The first-order valence-electron chi connectivity index (χ1n) is 21.4. The van der Waals surface area contributed by atoms with E-state index < -0.39 is 46.9 Å². The number of aliphatic hydroxyl groups excluding tert-OH is 1. The van der Waals surface area contributed by atoms with Gasteiger partial charge in [-0.2, -0.15) is 5.26 Å². The van der Waals surface area contributed by atoms with Crippen molar-refractivity contribution < 1.29 is 38.5 Å². The Balaban J connectivity index is 0.895. The van der Waals surface area contributed by atoms with Crippen molar-refractivity contribution in [2.45, 2.75) is 98.2 Å². The molecule has 4 amide bonds. The molecule has 4 aromatic rings. The Morgan fingerprint density at radius 2 is 1.72 bits per heavy atom. The lowest BCUT2D eigenvalue weighted by Crippen LogP contribution is -2.58. The van der Waals surface area contributed by atoms with Crippen molar-refractivity contribution >= 4 is 46.6 Å². The van der Waals surface area contributed by atoms with E-state index in [1.54, 1.807) is 34.4 Å². The first-order valence-corrected chi connectivity index (χ1v) is 22.7. The number of hydrogen-bond acceptors (Lipinski definition) is 11. The zero-order valence-corrected chi connectivity index (χ0v) is 38.8. The zero-order valence-electron chi connectivity index (χ0n) is 37.2. The Morgan fingerprint density at radius 3 is 2.38 bits per heavy atom. The van der Waals surface area contributed by atoms with Crippen LogP contribution in [0.4, 0.5) is 0 Å². The van der Waals surface area contributed by atoms with Crippen LogP contribution in [0.3, 0.4) is 0 Å². The largest absolute Gasteiger partial charge is 0.494 e. The molecule has 4 atom stereocenters. The molecule has 3 heterocycles. The molecule has 6 rings (SSSR count). The molecule has 340 valence electrons. The van der Waals surface area contributed by atoms with Crippen LogP contribution in [0.2, 0.25) is 5.02 Å². The van der Waals surface area contributed by atoms with Crippen molar-refractivity contribution in [2.75, 3.05) is 32.9 Å². The molecule has 0 radical (unpaired) electrons. The van der Waals surface area contributed by atoms with Gasteiger partial charge in [-0.1, -0.05) is 82.6 Å². The third-order valence-corrected chi connectivity index (χ3v) is 12.6. The molecule has 14 nitrogen and oxygen atoms in total. The first-order chi connectivity index (χ1) is 30.4. The quantitative estimate of drug-likeness (QED) is 0.0940. The topological polar surface area (TPSA) is 183 Å². The Kier molecular flexibility index (Phi) is 15.7.